The molecule has 1 saturated heterocycles. The second kappa shape index (κ2) is 11.7. The third kappa shape index (κ3) is 5.59. The summed E-state index contributed by atoms with van der Waals surface area (Å²) in [5, 5.41) is 1.87. The molecule has 3 atom stereocenters. The van der Waals surface area contributed by atoms with Crippen molar-refractivity contribution in [3.63, 3.8) is 0 Å². The number of hydrogen-bond acceptors (Lipinski definition) is 8. The molecule has 9 nitrogen and oxygen atoms in total. The second-order valence-electron chi connectivity index (χ2n) is 10.3. The molecule has 3 aromatic carbocycles. The van der Waals surface area contributed by atoms with E-state index in [4.69, 9.17) is 9.47 Å². The standard InChI is InChI=1S/C31H24F3N3O6S2/c1-42-20-10-6-16(7-11-20)23-24-25(28(40)37(27(24)39)19-8-12-21(43-2)13-9-19)44-29-26(23)45-30(41)36(29)15-22(38)35-18-5-3-4-17(14-18)31(32,33)34/h3-14,23-25H,15H2,1-2H3,(H,35,38). The van der Waals surface area contributed by atoms with Crippen molar-refractivity contribution in [2.75, 3.05) is 24.4 Å². The summed E-state index contributed by atoms with van der Waals surface area (Å²) in [4.78, 5) is 55.4. The summed E-state index contributed by atoms with van der Waals surface area (Å²) in [6.07, 6.45) is -4.60. The molecule has 0 saturated carbocycles. The molecule has 3 unspecified atom stereocenters. The number of hydrogen-bond donors (Lipinski definition) is 1. The number of fused-ring (bicyclic) bond motifs is 2. The van der Waals surface area contributed by atoms with Gasteiger partial charge < -0.3 is 14.8 Å². The van der Waals surface area contributed by atoms with Crippen LogP contribution in [-0.4, -0.2) is 41.8 Å². The number of aromatic nitrogens is 1. The Hall–Kier alpha value is -4.56. The van der Waals surface area contributed by atoms with Gasteiger partial charge in [-0.1, -0.05) is 41.3 Å². The number of amides is 3. The SMILES string of the molecule is COc1ccc(C2c3sc(=O)n(CC(=O)Nc4cccc(C(F)(F)F)c4)c3SC3C(=O)N(c4ccc(OC)cc4)C(=O)C32)cc1. The fourth-order valence-electron chi connectivity index (χ4n) is 5.53. The highest BCUT2D eigenvalue weighted by Crippen LogP contribution is 2.54. The molecule has 0 bridgehead atoms. The van der Waals surface area contributed by atoms with Crippen LogP contribution in [0.25, 0.3) is 0 Å². The first-order chi connectivity index (χ1) is 21.5. The van der Waals surface area contributed by atoms with Gasteiger partial charge in [-0.15, -0.1) is 0 Å². The fraction of sp³-hybridized carbons (Fsp3) is 0.226. The van der Waals surface area contributed by atoms with E-state index in [0.29, 0.717) is 32.7 Å². The van der Waals surface area contributed by atoms with E-state index in [1.165, 1.54) is 30.9 Å². The molecule has 0 aliphatic carbocycles. The minimum absolute atomic E-state index is 0.0810. The maximum absolute atomic E-state index is 14.0. The number of thioether (sulfide) groups is 1. The predicted molar refractivity (Wildman–Crippen MR) is 162 cm³/mol. The number of carbonyl (C=O) groups excluding carboxylic acids is 3. The average molecular weight is 656 g/mol. The lowest BCUT2D eigenvalue weighted by molar-refractivity contribution is -0.137. The van der Waals surface area contributed by atoms with Gasteiger partial charge in [0.05, 0.1) is 36.4 Å². The van der Waals surface area contributed by atoms with Gasteiger partial charge in [0, 0.05) is 16.5 Å². The number of nitrogens with zero attached hydrogens (tertiary/aromatic N) is 2. The van der Waals surface area contributed by atoms with E-state index < -0.39 is 58.0 Å². The topological polar surface area (TPSA) is 107 Å². The molecule has 232 valence electrons. The summed E-state index contributed by atoms with van der Waals surface area (Å²) in [5.41, 5.74) is 0.0324. The van der Waals surface area contributed by atoms with Gasteiger partial charge in [-0.25, -0.2) is 4.90 Å². The van der Waals surface area contributed by atoms with E-state index >= 15 is 0 Å². The molecule has 6 rings (SSSR count). The Labute approximate surface area is 262 Å². The lowest BCUT2D eigenvalue weighted by atomic mass is 9.83. The molecule has 1 fully saturated rings. The van der Waals surface area contributed by atoms with Crippen molar-refractivity contribution in [2.24, 2.45) is 5.92 Å². The largest absolute Gasteiger partial charge is 0.497 e. The maximum atomic E-state index is 14.0. The zero-order valence-electron chi connectivity index (χ0n) is 23.7. The average Bonchev–Trinajstić information content (AvgIpc) is 3.47. The van der Waals surface area contributed by atoms with Crippen LogP contribution in [0.1, 0.15) is 21.9 Å². The third-order valence-corrected chi connectivity index (χ3v) is 10.2. The van der Waals surface area contributed by atoms with E-state index in [0.717, 1.165) is 40.1 Å². The summed E-state index contributed by atoms with van der Waals surface area (Å²) in [5.74, 6) is -2.04. The number of methoxy groups -OCH3 is 2. The molecular formula is C31H24F3N3O6S2. The number of ether oxygens (including phenoxy) is 2. The fourth-order valence-corrected chi connectivity index (χ4v) is 8.30. The van der Waals surface area contributed by atoms with Crippen molar-refractivity contribution in [2.45, 2.75) is 28.9 Å². The first-order valence-corrected chi connectivity index (χ1v) is 15.2. The normalized spacial score (nSPS) is 19.2. The molecule has 1 aromatic heterocycles. The van der Waals surface area contributed by atoms with E-state index in [2.05, 4.69) is 5.32 Å². The number of imide groups is 1. The van der Waals surface area contributed by atoms with Gasteiger partial charge >= 0.3 is 11.0 Å². The first-order valence-electron chi connectivity index (χ1n) is 13.5. The van der Waals surface area contributed by atoms with Crippen LogP contribution in [0.3, 0.4) is 0 Å². The predicted octanol–water partition coefficient (Wildman–Crippen LogP) is 5.38. The Bertz CT molecular complexity index is 1850. The summed E-state index contributed by atoms with van der Waals surface area (Å²) in [6.45, 7) is -0.509. The Morgan fingerprint density at radius 1 is 0.911 bits per heavy atom. The van der Waals surface area contributed by atoms with Crippen LogP contribution in [0.15, 0.2) is 82.6 Å². The number of carbonyl (C=O) groups is 3. The minimum atomic E-state index is -4.60. The Kier molecular flexibility index (Phi) is 7.95. The number of rotatable bonds is 7. The minimum Gasteiger partial charge on any atom is -0.497 e. The van der Waals surface area contributed by atoms with E-state index in [-0.39, 0.29) is 5.69 Å². The summed E-state index contributed by atoms with van der Waals surface area (Å²) < 4.78 is 51.2. The number of nitrogens with one attached hydrogen (secondary N) is 1. The summed E-state index contributed by atoms with van der Waals surface area (Å²) in [6, 6.07) is 17.7. The number of alkyl halides is 3. The van der Waals surface area contributed by atoms with Gasteiger partial charge in [0.25, 0.3) is 0 Å². The van der Waals surface area contributed by atoms with Gasteiger partial charge in [-0.05, 0) is 60.2 Å². The van der Waals surface area contributed by atoms with Crippen molar-refractivity contribution in [1.29, 1.82) is 0 Å². The molecule has 14 heteroatoms. The summed E-state index contributed by atoms with van der Waals surface area (Å²) >= 11 is 1.90. The zero-order chi connectivity index (χ0) is 32.0. The van der Waals surface area contributed by atoms with E-state index in [1.54, 1.807) is 48.5 Å². The van der Waals surface area contributed by atoms with Crippen LogP contribution in [0.4, 0.5) is 24.5 Å². The molecular weight excluding hydrogens is 631 g/mol. The molecule has 3 amide bonds. The maximum Gasteiger partial charge on any atom is 0.416 e. The van der Waals surface area contributed by atoms with Crippen molar-refractivity contribution in [3.05, 3.63) is 98.5 Å². The highest BCUT2D eigenvalue weighted by atomic mass is 32.2. The van der Waals surface area contributed by atoms with Gasteiger partial charge in [0.15, 0.2) is 0 Å². The van der Waals surface area contributed by atoms with Gasteiger partial charge in [0.1, 0.15) is 23.3 Å². The molecule has 2 aliphatic heterocycles. The van der Waals surface area contributed by atoms with Crippen molar-refractivity contribution in [3.8, 4) is 11.5 Å². The molecule has 0 radical (unpaired) electrons. The lowest BCUT2D eigenvalue weighted by Gasteiger charge is -2.30. The van der Waals surface area contributed by atoms with Crippen LogP contribution < -0.4 is 24.6 Å². The molecule has 3 heterocycles. The van der Waals surface area contributed by atoms with Crippen molar-refractivity contribution >= 4 is 52.2 Å². The van der Waals surface area contributed by atoms with Crippen molar-refractivity contribution in [1.82, 2.24) is 4.57 Å². The first kappa shape index (κ1) is 30.5. The Morgan fingerprint density at radius 3 is 2.18 bits per heavy atom. The van der Waals surface area contributed by atoms with Crippen LogP contribution in [0.5, 0.6) is 11.5 Å². The molecule has 4 aromatic rings. The number of anilines is 2. The Morgan fingerprint density at radius 2 is 1.56 bits per heavy atom. The van der Waals surface area contributed by atoms with Gasteiger partial charge in [-0.2, -0.15) is 13.2 Å². The summed E-state index contributed by atoms with van der Waals surface area (Å²) in [7, 11) is 3.02. The second-order valence-corrected chi connectivity index (χ2v) is 12.4. The zero-order valence-corrected chi connectivity index (χ0v) is 25.3. The lowest BCUT2D eigenvalue weighted by Crippen LogP contribution is -2.33. The smallest absolute Gasteiger partial charge is 0.416 e. The monoisotopic (exact) mass is 655 g/mol. The van der Waals surface area contributed by atoms with E-state index in [1.807, 2.05) is 0 Å². The Balaban J connectivity index is 1.37. The van der Waals surface area contributed by atoms with Crippen molar-refractivity contribution < 1.29 is 37.0 Å². The highest BCUT2D eigenvalue weighted by molar-refractivity contribution is 8.00. The highest BCUT2D eigenvalue weighted by Gasteiger charge is 2.56. The number of thiazole rings is 1. The molecule has 1 N–H and O–H groups in total. The van der Waals surface area contributed by atoms with Gasteiger partial charge in [0.2, 0.25) is 17.7 Å². The number of halogens is 3. The molecule has 2 aliphatic rings. The third-order valence-electron chi connectivity index (χ3n) is 7.63. The quantitative estimate of drug-likeness (QED) is 0.267. The van der Waals surface area contributed by atoms with E-state index in [9.17, 15) is 32.3 Å². The molecule has 0 spiro atoms. The van der Waals surface area contributed by atoms with Crippen LogP contribution >= 0.6 is 23.1 Å². The van der Waals surface area contributed by atoms with Crippen LogP contribution in [-0.2, 0) is 27.1 Å². The van der Waals surface area contributed by atoms with Crippen LogP contribution in [0, 0.1) is 5.92 Å². The van der Waals surface area contributed by atoms with Gasteiger partial charge in [-0.3, -0.25) is 23.7 Å². The van der Waals surface area contributed by atoms with Crippen LogP contribution in [0.2, 0.25) is 0 Å². The number of benzene rings is 3. The molecule has 45 heavy (non-hydrogen) atoms.